The molecule has 0 aliphatic rings. The summed E-state index contributed by atoms with van der Waals surface area (Å²) < 4.78 is 12.2. The number of ether oxygens (including phenoxy) is 1. The van der Waals surface area contributed by atoms with Gasteiger partial charge in [0.1, 0.15) is 0 Å². The van der Waals surface area contributed by atoms with Gasteiger partial charge in [-0.3, -0.25) is 14.2 Å². The molecule has 0 bridgehead atoms. The van der Waals surface area contributed by atoms with Crippen LogP contribution in [-0.2, 0) is 20.9 Å². The highest BCUT2D eigenvalue weighted by Crippen LogP contribution is 2.24. The van der Waals surface area contributed by atoms with Crippen LogP contribution in [0, 0.1) is 0 Å². The van der Waals surface area contributed by atoms with E-state index in [1.165, 1.54) is 11.8 Å². The highest BCUT2D eigenvalue weighted by atomic mass is 32.2. The average Bonchev–Trinajstić information content (AvgIpc) is 3.26. The summed E-state index contributed by atoms with van der Waals surface area (Å²) in [6.45, 7) is 6.18. The molecule has 2 aromatic rings. The fraction of sp³-hybridized carbons (Fsp3) is 0.500. The number of thioether (sulfide) groups is 1. The van der Waals surface area contributed by atoms with E-state index in [9.17, 15) is 9.59 Å². The van der Waals surface area contributed by atoms with Gasteiger partial charge < -0.3 is 14.5 Å². The third-order valence-corrected chi connectivity index (χ3v) is 4.42. The van der Waals surface area contributed by atoms with Crippen molar-refractivity contribution >= 4 is 23.6 Å². The Morgan fingerprint density at radius 3 is 2.84 bits per heavy atom. The van der Waals surface area contributed by atoms with Gasteiger partial charge in [-0.1, -0.05) is 18.7 Å². The number of carbonyl (C=O) groups is 2. The van der Waals surface area contributed by atoms with Gasteiger partial charge in [0.25, 0.3) is 5.91 Å². The van der Waals surface area contributed by atoms with Gasteiger partial charge in [0.05, 0.1) is 12.0 Å². The molecule has 0 spiro atoms. The minimum absolute atomic E-state index is 0.0485. The van der Waals surface area contributed by atoms with Crippen LogP contribution in [0.25, 0.3) is 11.6 Å². The Balaban J connectivity index is 1.85. The first-order valence-electron chi connectivity index (χ1n) is 8.10. The molecule has 9 heteroatoms. The third-order valence-electron chi connectivity index (χ3n) is 3.48. The number of hydrogen-bond donors (Lipinski definition) is 1. The molecule has 0 aliphatic carbocycles. The van der Waals surface area contributed by atoms with Crippen molar-refractivity contribution < 1.29 is 18.7 Å². The van der Waals surface area contributed by atoms with Crippen LogP contribution in [0.3, 0.4) is 0 Å². The van der Waals surface area contributed by atoms with Crippen LogP contribution in [0.5, 0.6) is 0 Å². The maximum atomic E-state index is 11.8. The van der Waals surface area contributed by atoms with E-state index in [0.29, 0.717) is 23.3 Å². The summed E-state index contributed by atoms with van der Waals surface area (Å²) in [6.07, 6.45) is 2.39. The molecule has 1 atom stereocenters. The van der Waals surface area contributed by atoms with Crippen LogP contribution in [0.15, 0.2) is 28.0 Å². The smallest absolute Gasteiger partial charge is 0.316 e. The molecule has 0 radical (unpaired) electrons. The summed E-state index contributed by atoms with van der Waals surface area (Å²) in [6, 6.07) is 3.64. The molecule has 1 N–H and O–H groups in total. The molecular formula is C16H22N4O4S. The number of furan rings is 1. The van der Waals surface area contributed by atoms with E-state index in [1.54, 1.807) is 18.4 Å². The van der Waals surface area contributed by atoms with E-state index >= 15 is 0 Å². The molecule has 8 nitrogen and oxygen atoms in total. The molecule has 0 saturated heterocycles. The zero-order valence-corrected chi connectivity index (χ0v) is 15.3. The fourth-order valence-electron chi connectivity index (χ4n) is 2.00. The molecule has 25 heavy (non-hydrogen) atoms. The highest BCUT2D eigenvalue weighted by Gasteiger charge is 2.17. The van der Waals surface area contributed by atoms with Crippen molar-refractivity contribution in [3.8, 4) is 11.6 Å². The normalized spacial score (nSPS) is 12.0. The average molecular weight is 366 g/mol. The molecule has 1 amide bonds. The van der Waals surface area contributed by atoms with Gasteiger partial charge in [-0.2, -0.15) is 0 Å². The molecule has 2 aromatic heterocycles. The number of nitrogens with one attached hydrogen (secondary N) is 1. The van der Waals surface area contributed by atoms with Crippen molar-refractivity contribution in [1.82, 2.24) is 20.1 Å². The first kappa shape index (κ1) is 19.0. The van der Waals surface area contributed by atoms with Gasteiger partial charge in [-0.25, -0.2) is 0 Å². The second kappa shape index (κ2) is 9.26. The van der Waals surface area contributed by atoms with Crippen LogP contribution < -0.4 is 5.32 Å². The van der Waals surface area contributed by atoms with E-state index < -0.39 is 5.97 Å². The Labute approximate surface area is 150 Å². The largest absolute Gasteiger partial charge is 0.461 e. The Morgan fingerprint density at radius 1 is 1.40 bits per heavy atom. The predicted molar refractivity (Wildman–Crippen MR) is 93.0 cm³/mol. The summed E-state index contributed by atoms with van der Waals surface area (Å²) in [4.78, 5) is 23.4. The standard InChI is InChI=1S/C16H22N4O4S/c1-4-11(3)17-13(21)9-24-14(22)10-25-16-19-18-15(20(16)5-2)12-7-6-8-23-12/h6-8,11H,4-5,9-10H2,1-3H3,(H,17,21)/t11-/m1/s1. The van der Waals surface area contributed by atoms with Gasteiger partial charge in [-0.05, 0) is 32.4 Å². The van der Waals surface area contributed by atoms with Crippen LogP contribution in [-0.4, -0.2) is 45.0 Å². The lowest BCUT2D eigenvalue weighted by molar-refractivity contribution is -0.146. The second-order valence-corrected chi connectivity index (χ2v) is 6.30. The number of hydrogen-bond acceptors (Lipinski definition) is 7. The Bertz CT molecular complexity index is 699. The Hall–Kier alpha value is -2.29. The Morgan fingerprint density at radius 2 is 2.20 bits per heavy atom. The molecule has 0 unspecified atom stereocenters. The number of aromatic nitrogens is 3. The molecule has 136 valence electrons. The summed E-state index contributed by atoms with van der Waals surface area (Å²) in [5, 5.41) is 11.5. The number of carbonyl (C=O) groups excluding carboxylic acids is 2. The lowest BCUT2D eigenvalue weighted by Crippen LogP contribution is -2.35. The van der Waals surface area contributed by atoms with Gasteiger partial charge in [-0.15, -0.1) is 10.2 Å². The monoisotopic (exact) mass is 366 g/mol. The predicted octanol–water partition coefficient (Wildman–Crippen LogP) is 2.11. The van der Waals surface area contributed by atoms with Gasteiger partial charge in [0.2, 0.25) is 0 Å². The van der Waals surface area contributed by atoms with Gasteiger partial charge >= 0.3 is 5.97 Å². The summed E-state index contributed by atoms with van der Waals surface area (Å²) in [5.41, 5.74) is 0. The van der Waals surface area contributed by atoms with Gasteiger partial charge in [0, 0.05) is 12.6 Å². The van der Waals surface area contributed by atoms with Crippen LogP contribution >= 0.6 is 11.8 Å². The van der Waals surface area contributed by atoms with Crippen LogP contribution in [0.1, 0.15) is 27.2 Å². The fourth-order valence-corrected chi connectivity index (χ4v) is 2.80. The van der Waals surface area contributed by atoms with Gasteiger partial charge in [0.15, 0.2) is 23.3 Å². The van der Waals surface area contributed by atoms with Crippen molar-refractivity contribution in [3.63, 3.8) is 0 Å². The maximum Gasteiger partial charge on any atom is 0.316 e. The van der Waals surface area contributed by atoms with Crippen LogP contribution in [0.2, 0.25) is 0 Å². The van der Waals surface area contributed by atoms with Crippen molar-refractivity contribution in [3.05, 3.63) is 18.4 Å². The summed E-state index contributed by atoms with van der Waals surface area (Å²) in [7, 11) is 0. The van der Waals surface area contributed by atoms with Crippen LogP contribution in [0.4, 0.5) is 0 Å². The molecule has 0 saturated carbocycles. The quantitative estimate of drug-likeness (QED) is 0.536. The van der Waals surface area contributed by atoms with Crippen molar-refractivity contribution in [2.45, 2.75) is 44.9 Å². The summed E-state index contributed by atoms with van der Waals surface area (Å²) in [5.74, 6) is 0.494. The first-order valence-corrected chi connectivity index (χ1v) is 9.08. The highest BCUT2D eigenvalue weighted by molar-refractivity contribution is 7.99. The zero-order valence-electron chi connectivity index (χ0n) is 14.5. The number of esters is 1. The molecule has 0 fully saturated rings. The lowest BCUT2D eigenvalue weighted by Gasteiger charge is -2.11. The molecule has 0 aliphatic heterocycles. The summed E-state index contributed by atoms with van der Waals surface area (Å²) >= 11 is 1.21. The first-order chi connectivity index (χ1) is 12.0. The molecule has 2 rings (SSSR count). The van der Waals surface area contributed by atoms with E-state index in [-0.39, 0.29) is 24.3 Å². The van der Waals surface area contributed by atoms with E-state index in [0.717, 1.165) is 6.42 Å². The third kappa shape index (κ3) is 5.35. The molecule has 2 heterocycles. The Kier molecular flexibility index (Phi) is 7.05. The van der Waals surface area contributed by atoms with Crippen molar-refractivity contribution in [2.75, 3.05) is 12.4 Å². The van der Waals surface area contributed by atoms with E-state index in [2.05, 4.69) is 15.5 Å². The minimum Gasteiger partial charge on any atom is -0.461 e. The van der Waals surface area contributed by atoms with E-state index in [1.807, 2.05) is 25.3 Å². The number of nitrogens with zero attached hydrogens (tertiary/aromatic N) is 3. The SMILES string of the molecule is CC[C@@H](C)NC(=O)COC(=O)CSc1nnc(-c2ccco2)n1CC. The van der Waals surface area contributed by atoms with Crippen molar-refractivity contribution in [2.24, 2.45) is 0 Å². The molecular weight excluding hydrogens is 344 g/mol. The second-order valence-electron chi connectivity index (χ2n) is 5.35. The number of amides is 1. The molecule has 0 aromatic carbocycles. The topological polar surface area (TPSA) is 99.2 Å². The zero-order chi connectivity index (χ0) is 18.2. The van der Waals surface area contributed by atoms with E-state index in [4.69, 9.17) is 9.15 Å². The number of rotatable bonds is 9. The van der Waals surface area contributed by atoms with Crippen molar-refractivity contribution in [1.29, 1.82) is 0 Å². The lowest BCUT2D eigenvalue weighted by atomic mass is 10.2. The maximum absolute atomic E-state index is 11.8. The minimum atomic E-state index is -0.477.